The second-order valence-electron chi connectivity index (χ2n) is 6.60. The summed E-state index contributed by atoms with van der Waals surface area (Å²) in [6, 6.07) is 9.03. The molecule has 0 bridgehead atoms. The Labute approximate surface area is 161 Å². The Hall–Kier alpha value is -3.42. The van der Waals surface area contributed by atoms with Gasteiger partial charge >= 0.3 is 0 Å². The minimum absolute atomic E-state index is 0.147. The topological polar surface area (TPSA) is 93.1 Å². The second kappa shape index (κ2) is 7.30. The summed E-state index contributed by atoms with van der Waals surface area (Å²) < 4.78 is 6.89. The molecule has 1 aromatic carbocycles. The molecule has 4 rings (SSSR count). The van der Waals surface area contributed by atoms with Gasteiger partial charge in [0.15, 0.2) is 0 Å². The summed E-state index contributed by atoms with van der Waals surface area (Å²) in [5.41, 5.74) is 2.30. The molecule has 1 N–H and O–H groups in total. The number of benzene rings is 1. The Morgan fingerprint density at radius 3 is 2.71 bits per heavy atom. The molecule has 1 aliphatic rings. The number of nitrogens with zero attached hydrogens (tertiary/aromatic N) is 4. The van der Waals surface area contributed by atoms with E-state index < -0.39 is 0 Å². The summed E-state index contributed by atoms with van der Waals surface area (Å²) in [6.07, 6.45) is 2.26. The van der Waals surface area contributed by atoms with Gasteiger partial charge in [-0.1, -0.05) is 0 Å². The van der Waals surface area contributed by atoms with Gasteiger partial charge in [-0.2, -0.15) is 5.10 Å². The predicted octanol–water partition coefficient (Wildman–Crippen LogP) is 1.86. The molecule has 0 spiro atoms. The van der Waals surface area contributed by atoms with Crippen molar-refractivity contribution in [3.63, 3.8) is 0 Å². The van der Waals surface area contributed by atoms with Crippen LogP contribution < -0.4 is 10.3 Å². The average Bonchev–Trinajstić information content (AvgIpc) is 3.22. The van der Waals surface area contributed by atoms with E-state index in [1.54, 1.807) is 29.0 Å². The van der Waals surface area contributed by atoms with Gasteiger partial charge in [0.1, 0.15) is 17.3 Å². The molecule has 1 amide bonds. The third-order valence-electron chi connectivity index (χ3n) is 4.91. The van der Waals surface area contributed by atoms with Crippen molar-refractivity contribution in [2.75, 3.05) is 13.7 Å². The summed E-state index contributed by atoms with van der Waals surface area (Å²) in [4.78, 5) is 34.5. The molecule has 0 saturated heterocycles. The summed E-state index contributed by atoms with van der Waals surface area (Å²) in [5, 5.41) is 4.28. The molecule has 0 atom stereocenters. The maximum absolute atomic E-state index is 12.8. The molecule has 3 heterocycles. The molecule has 28 heavy (non-hydrogen) atoms. The van der Waals surface area contributed by atoms with Gasteiger partial charge in [-0.15, -0.1) is 0 Å². The van der Waals surface area contributed by atoms with Crippen molar-refractivity contribution >= 4 is 5.91 Å². The molecule has 0 saturated carbocycles. The first-order valence-electron chi connectivity index (χ1n) is 9.18. The van der Waals surface area contributed by atoms with Crippen LogP contribution in [-0.2, 0) is 19.5 Å². The van der Waals surface area contributed by atoms with Crippen molar-refractivity contribution in [1.29, 1.82) is 0 Å². The third-order valence-corrected chi connectivity index (χ3v) is 4.91. The standard InChI is InChI=1S/C20H21N5O3/c1-3-25-11-9-16(23-25)20(27)24-10-8-15-17(12-24)21-18(22-19(15)26)13-4-6-14(28-2)7-5-13/h4-7,9,11H,3,8,10,12H2,1-2H3,(H,21,22,26). The number of carbonyl (C=O) groups excluding carboxylic acids is 1. The summed E-state index contributed by atoms with van der Waals surface area (Å²) in [5.74, 6) is 1.06. The summed E-state index contributed by atoms with van der Waals surface area (Å²) in [7, 11) is 1.60. The fraction of sp³-hybridized carbons (Fsp3) is 0.300. The number of rotatable bonds is 4. The zero-order valence-electron chi connectivity index (χ0n) is 15.8. The molecule has 8 heteroatoms. The molecule has 0 fully saturated rings. The van der Waals surface area contributed by atoms with Crippen molar-refractivity contribution < 1.29 is 9.53 Å². The van der Waals surface area contributed by atoms with Crippen LogP contribution in [0.2, 0.25) is 0 Å². The molecule has 0 unspecified atom stereocenters. The monoisotopic (exact) mass is 379 g/mol. The number of H-pyrrole nitrogens is 1. The van der Waals surface area contributed by atoms with Gasteiger partial charge < -0.3 is 14.6 Å². The van der Waals surface area contributed by atoms with E-state index in [2.05, 4.69) is 15.1 Å². The largest absolute Gasteiger partial charge is 0.497 e. The van der Waals surface area contributed by atoms with E-state index in [-0.39, 0.29) is 11.5 Å². The highest BCUT2D eigenvalue weighted by Crippen LogP contribution is 2.22. The van der Waals surface area contributed by atoms with Crippen LogP contribution in [-0.4, -0.2) is 44.2 Å². The molecule has 0 aliphatic carbocycles. The fourth-order valence-corrected chi connectivity index (χ4v) is 3.31. The Balaban J connectivity index is 1.62. The van der Waals surface area contributed by atoms with Crippen LogP contribution in [0.15, 0.2) is 41.3 Å². The number of nitrogens with one attached hydrogen (secondary N) is 1. The number of hydrogen-bond donors (Lipinski definition) is 1. The van der Waals surface area contributed by atoms with Gasteiger partial charge in [-0.05, 0) is 43.7 Å². The average molecular weight is 379 g/mol. The maximum atomic E-state index is 12.8. The normalized spacial score (nSPS) is 13.3. The van der Waals surface area contributed by atoms with Crippen molar-refractivity contribution in [1.82, 2.24) is 24.6 Å². The molecule has 144 valence electrons. The third kappa shape index (κ3) is 3.28. The van der Waals surface area contributed by atoms with Crippen LogP contribution in [0.4, 0.5) is 0 Å². The van der Waals surface area contributed by atoms with E-state index >= 15 is 0 Å². The number of aryl methyl sites for hydroxylation is 1. The van der Waals surface area contributed by atoms with Gasteiger partial charge in [0.25, 0.3) is 11.5 Å². The molecule has 2 aromatic heterocycles. The lowest BCUT2D eigenvalue weighted by molar-refractivity contribution is 0.0724. The molecular formula is C20H21N5O3. The van der Waals surface area contributed by atoms with Gasteiger partial charge in [0, 0.05) is 30.4 Å². The quantitative estimate of drug-likeness (QED) is 0.747. The minimum Gasteiger partial charge on any atom is -0.497 e. The van der Waals surface area contributed by atoms with Gasteiger partial charge in [0.05, 0.1) is 19.3 Å². The number of amides is 1. The number of fused-ring (bicyclic) bond motifs is 1. The number of hydrogen-bond acceptors (Lipinski definition) is 5. The molecule has 0 radical (unpaired) electrons. The number of aromatic amines is 1. The Morgan fingerprint density at radius 2 is 2.04 bits per heavy atom. The summed E-state index contributed by atoms with van der Waals surface area (Å²) >= 11 is 0. The highest BCUT2D eigenvalue weighted by Gasteiger charge is 2.26. The SMILES string of the molecule is CCn1ccc(C(=O)N2CCc3c(nc(-c4ccc(OC)cc4)[nH]c3=O)C2)n1. The first-order valence-corrected chi connectivity index (χ1v) is 9.18. The molecule has 1 aliphatic heterocycles. The smallest absolute Gasteiger partial charge is 0.274 e. The van der Waals surface area contributed by atoms with Crippen LogP contribution in [0.5, 0.6) is 5.75 Å². The number of aromatic nitrogens is 4. The first-order chi connectivity index (χ1) is 13.6. The van der Waals surface area contributed by atoms with Gasteiger partial charge in [0.2, 0.25) is 0 Å². The van der Waals surface area contributed by atoms with E-state index in [1.807, 2.05) is 31.2 Å². The Bertz CT molecular complexity index is 1070. The van der Waals surface area contributed by atoms with Crippen molar-refractivity contribution in [3.8, 4) is 17.1 Å². The number of ether oxygens (including phenoxy) is 1. The number of carbonyl (C=O) groups is 1. The van der Waals surface area contributed by atoms with Crippen LogP contribution >= 0.6 is 0 Å². The lowest BCUT2D eigenvalue weighted by Gasteiger charge is -2.27. The predicted molar refractivity (Wildman–Crippen MR) is 103 cm³/mol. The van der Waals surface area contributed by atoms with Crippen molar-refractivity contribution in [3.05, 3.63) is 63.8 Å². The molecule has 8 nitrogen and oxygen atoms in total. The van der Waals surface area contributed by atoms with Crippen molar-refractivity contribution in [2.45, 2.75) is 26.4 Å². The maximum Gasteiger partial charge on any atom is 0.274 e. The first kappa shape index (κ1) is 18.0. The highest BCUT2D eigenvalue weighted by molar-refractivity contribution is 5.92. The molecular weight excluding hydrogens is 358 g/mol. The zero-order chi connectivity index (χ0) is 19.7. The lowest BCUT2D eigenvalue weighted by Crippen LogP contribution is -2.39. The number of methoxy groups -OCH3 is 1. The van der Waals surface area contributed by atoms with E-state index in [1.165, 1.54) is 0 Å². The van der Waals surface area contributed by atoms with E-state index in [0.29, 0.717) is 48.8 Å². The van der Waals surface area contributed by atoms with E-state index in [0.717, 1.165) is 11.3 Å². The van der Waals surface area contributed by atoms with Crippen LogP contribution in [0.3, 0.4) is 0 Å². The lowest BCUT2D eigenvalue weighted by atomic mass is 10.1. The Morgan fingerprint density at radius 1 is 1.25 bits per heavy atom. The summed E-state index contributed by atoms with van der Waals surface area (Å²) in [6.45, 7) is 3.44. The van der Waals surface area contributed by atoms with E-state index in [4.69, 9.17) is 4.74 Å². The molecule has 3 aromatic rings. The van der Waals surface area contributed by atoms with Crippen molar-refractivity contribution in [2.24, 2.45) is 0 Å². The van der Waals surface area contributed by atoms with Gasteiger partial charge in [-0.25, -0.2) is 4.98 Å². The zero-order valence-corrected chi connectivity index (χ0v) is 15.8. The fourth-order valence-electron chi connectivity index (χ4n) is 3.31. The van der Waals surface area contributed by atoms with E-state index in [9.17, 15) is 9.59 Å². The second-order valence-corrected chi connectivity index (χ2v) is 6.60. The van der Waals surface area contributed by atoms with Gasteiger partial charge in [-0.3, -0.25) is 14.3 Å². The van der Waals surface area contributed by atoms with Crippen LogP contribution in [0, 0.1) is 0 Å². The van der Waals surface area contributed by atoms with Crippen LogP contribution in [0.25, 0.3) is 11.4 Å². The Kier molecular flexibility index (Phi) is 4.68. The minimum atomic E-state index is -0.154. The highest BCUT2D eigenvalue weighted by atomic mass is 16.5. The van der Waals surface area contributed by atoms with Crippen LogP contribution in [0.1, 0.15) is 28.7 Å².